The topological polar surface area (TPSA) is 98.2 Å². The summed E-state index contributed by atoms with van der Waals surface area (Å²) in [6.07, 6.45) is 0. The molecule has 0 saturated carbocycles. The van der Waals surface area contributed by atoms with E-state index in [0.717, 1.165) is 0 Å². The van der Waals surface area contributed by atoms with Crippen molar-refractivity contribution >= 4 is 11.4 Å². The summed E-state index contributed by atoms with van der Waals surface area (Å²) in [6.45, 7) is 0. The first-order valence-electron chi connectivity index (χ1n) is 13.6. The second-order valence-electron chi connectivity index (χ2n) is 9.37. The maximum atomic E-state index is 6.37. The van der Waals surface area contributed by atoms with Crippen LogP contribution in [0.4, 0.5) is 11.4 Å². The second kappa shape index (κ2) is 12.6. The van der Waals surface area contributed by atoms with E-state index in [1.165, 1.54) is 0 Å². The highest BCUT2D eigenvalue weighted by atomic mass is 16.6. The van der Waals surface area contributed by atoms with Gasteiger partial charge in [0.1, 0.15) is 0 Å². The normalized spacial score (nSPS) is 10.5. The van der Waals surface area contributed by atoms with Gasteiger partial charge in [-0.05, 0) is 72.8 Å². The fourth-order valence-corrected chi connectivity index (χ4v) is 4.21. The lowest BCUT2D eigenvalue weighted by atomic mass is 10.2. The van der Waals surface area contributed by atoms with Gasteiger partial charge in [0, 0.05) is 0 Å². The van der Waals surface area contributed by atoms with Crippen LogP contribution in [0.3, 0.4) is 0 Å². The van der Waals surface area contributed by atoms with Crippen molar-refractivity contribution in [3.05, 3.63) is 146 Å². The number of para-hydroxylation sites is 12. The molecule has 7 nitrogen and oxygen atoms in total. The van der Waals surface area contributed by atoms with Crippen LogP contribution in [0.2, 0.25) is 0 Å². The van der Waals surface area contributed by atoms with E-state index in [2.05, 4.69) is 0 Å². The number of hydrogen-bond donors (Lipinski definition) is 2. The first kappa shape index (κ1) is 27.1. The van der Waals surface area contributed by atoms with E-state index in [0.29, 0.717) is 68.9 Å². The van der Waals surface area contributed by atoms with Crippen molar-refractivity contribution in [3.63, 3.8) is 0 Å². The summed E-state index contributed by atoms with van der Waals surface area (Å²) >= 11 is 0. The Labute approximate surface area is 249 Å². The Balaban J connectivity index is 1.25. The van der Waals surface area contributed by atoms with E-state index in [9.17, 15) is 0 Å². The van der Waals surface area contributed by atoms with Crippen LogP contribution < -0.4 is 35.2 Å². The lowest BCUT2D eigenvalue weighted by Gasteiger charge is -2.17. The van der Waals surface area contributed by atoms with Crippen LogP contribution in [0, 0.1) is 0 Å². The molecule has 212 valence electrons. The van der Waals surface area contributed by atoms with E-state index < -0.39 is 0 Å². The van der Waals surface area contributed by atoms with Crippen LogP contribution in [0.15, 0.2) is 146 Å². The van der Waals surface area contributed by atoms with Crippen LogP contribution in [0.25, 0.3) is 0 Å². The minimum atomic E-state index is 0.481. The summed E-state index contributed by atoms with van der Waals surface area (Å²) in [5.74, 6) is 5.01. The molecule has 0 heterocycles. The fourth-order valence-electron chi connectivity index (χ4n) is 4.21. The highest BCUT2D eigenvalue weighted by molar-refractivity contribution is 5.58. The number of anilines is 2. The van der Waals surface area contributed by atoms with Crippen molar-refractivity contribution in [2.24, 2.45) is 0 Å². The van der Waals surface area contributed by atoms with Gasteiger partial charge in [-0.3, -0.25) is 0 Å². The number of nitrogens with two attached hydrogens (primary N) is 2. The summed E-state index contributed by atoms with van der Waals surface area (Å²) in [5.41, 5.74) is 13.2. The molecule has 0 aliphatic rings. The van der Waals surface area contributed by atoms with Crippen LogP contribution in [-0.4, -0.2) is 0 Å². The number of nitrogen functional groups attached to an aromatic ring is 2. The Morgan fingerprint density at radius 2 is 0.395 bits per heavy atom. The molecule has 6 rings (SSSR count). The predicted octanol–water partition coefficient (Wildman–Crippen LogP) is 9.81. The van der Waals surface area contributed by atoms with Gasteiger partial charge in [-0.15, -0.1) is 0 Å². The molecule has 7 heteroatoms. The van der Waals surface area contributed by atoms with Gasteiger partial charge in [0.2, 0.25) is 0 Å². The van der Waals surface area contributed by atoms with E-state index in [4.69, 9.17) is 35.2 Å². The Kier molecular flexibility index (Phi) is 7.95. The minimum Gasteiger partial charge on any atom is -0.451 e. The number of benzene rings is 6. The van der Waals surface area contributed by atoms with Gasteiger partial charge in [0.05, 0.1) is 11.4 Å². The molecule has 0 aliphatic heterocycles. The molecule has 0 saturated heterocycles. The molecule has 6 aromatic carbocycles. The van der Waals surface area contributed by atoms with Crippen LogP contribution in [-0.2, 0) is 0 Å². The van der Waals surface area contributed by atoms with Gasteiger partial charge in [0.15, 0.2) is 57.5 Å². The largest absolute Gasteiger partial charge is 0.451 e. The van der Waals surface area contributed by atoms with E-state index >= 15 is 0 Å². The van der Waals surface area contributed by atoms with Gasteiger partial charge in [-0.1, -0.05) is 72.8 Å². The number of hydrogen-bond acceptors (Lipinski definition) is 7. The minimum absolute atomic E-state index is 0.481. The SMILES string of the molecule is Nc1ccccc1Oc1ccccc1Oc1ccccc1Oc1ccccc1Oc1ccccc1Oc1ccccc1N. The zero-order valence-corrected chi connectivity index (χ0v) is 23.1. The molecular formula is C36H28N2O5. The molecule has 0 fully saturated rings. The molecule has 43 heavy (non-hydrogen) atoms. The Morgan fingerprint density at radius 3 is 0.605 bits per heavy atom. The summed E-state index contributed by atoms with van der Waals surface area (Å²) in [6, 6.07) is 44.1. The molecule has 6 aromatic rings. The Bertz CT molecular complexity index is 1720. The van der Waals surface area contributed by atoms with Crippen LogP contribution >= 0.6 is 0 Å². The molecule has 0 bridgehead atoms. The number of ether oxygens (including phenoxy) is 5. The zero-order chi connectivity index (χ0) is 29.4. The number of rotatable bonds is 10. The monoisotopic (exact) mass is 568 g/mol. The molecule has 0 spiro atoms. The van der Waals surface area contributed by atoms with E-state index in [1.807, 2.05) is 121 Å². The van der Waals surface area contributed by atoms with Crippen molar-refractivity contribution in [2.45, 2.75) is 0 Å². The third-order valence-electron chi connectivity index (χ3n) is 6.33. The molecule has 0 unspecified atom stereocenters. The lowest BCUT2D eigenvalue weighted by molar-refractivity contribution is 0.376. The second-order valence-corrected chi connectivity index (χ2v) is 9.37. The first-order valence-corrected chi connectivity index (χ1v) is 13.6. The van der Waals surface area contributed by atoms with Crippen LogP contribution in [0.5, 0.6) is 57.5 Å². The van der Waals surface area contributed by atoms with Gasteiger partial charge in [0.25, 0.3) is 0 Å². The molecule has 0 radical (unpaired) electrons. The van der Waals surface area contributed by atoms with Crippen molar-refractivity contribution in [2.75, 3.05) is 11.5 Å². The summed E-state index contributed by atoms with van der Waals surface area (Å²) < 4.78 is 31.2. The standard InChI is InChI=1S/C36H28N2O5/c37-25-13-1-3-15-27(25)39-29-17-5-7-19-31(29)41-33-21-9-11-23-35(33)43-36-24-12-10-22-34(36)42-32-20-8-6-18-30(32)40-28-16-4-2-14-26(28)38/h1-24H,37-38H2. The highest BCUT2D eigenvalue weighted by Gasteiger charge is 2.16. The van der Waals surface area contributed by atoms with Crippen molar-refractivity contribution in [1.29, 1.82) is 0 Å². The third kappa shape index (κ3) is 6.47. The van der Waals surface area contributed by atoms with Crippen molar-refractivity contribution in [3.8, 4) is 57.5 Å². The van der Waals surface area contributed by atoms with Gasteiger partial charge < -0.3 is 35.2 Å². The molecule has 0 atom stereocenters. The quantitative estimate of drug-likeness (QED) is 0.159. The summed E-state index contributed by atoms with van der Waals surface area (Å²) in [5, 5.41) is 0. The highest BCUT2D eigenvalue weighted by Crippen LogP contribution is 2.44. The average molecular weight is 569 g/mol. The molecular weight excluding hydrogens is 540 g/mol. The van der Waals surface area contributed by atoms with E-state index in [1.54, 1.807) is 24.3 Å². The molecule has 0 aliphatic carbocycles. The van der Waals surface area contributed by atoms with Gasteiger partial charge in [-0.25, -0.2) is 0 Å². The first-order chi connectivity index (χ1) is 21.1. The fraction of sp³-hybridized carbons (Fsp3) is 0. The lowest BCUT2D eigenvalue weighted by Crippen LogP contribution is -1.96. The molecule has 4 N–H and O–H groups in total. The third-order valence-corrected chi connectivity index (χ3v) is 6.33. The Morgan fingerprint density at radius 1 is 0.233 bits per heavy atom. The maximum absolute atomic E-state index is 6.37. The summed E-state index contributed by atoms with van der Waals surface area (Å²) in [7, 11) is 0. The maximum Gasteiger partial charge on any atom is 0.170 e. The summed E-state index contributed by atoms with van der Waals surface area (Å²) in [4.78, 5) is 0. The van der Waals surface area contributed by atoms with Gasteiger partial charge >= 0.3 is 0 Å². The Hall–Kier alpha value is -6.08. The predicted molar refractivity (Wildman–Crippen MR) is 168 cm³/mol. The zero-order valence-electron chi connectivity index (χ0n) is 23.1. The van der Waals surface area contributed by atoms with Crippen LogP contribution in [0.1, 0.15) is 0 Å². The van der Waals surface area contributed by atoms with E-state index in [-0.39, 0.29) is 0 Å². The smallest absolute Gasteiger partial charge is 0.170 e. The molecule has 0 amide bonds. The van der Waals surface area contributed by atoms with Crippen molar-refractivity contribution in [1.82, 2.24) is 0 Å². The van der Waals surface area contributed by atoms with Crippen molar-refractivity contribution < 1.29 is 23.7 Å². The average Bonchev–Trinajstić information content (AvgIpc) is 3.03. The van der Waals surface area contributed by atoms with Gasteiger partial charge in [-0.2, -0.15) is 0 Å². The molecule has 0 aromatic heterocycles.